The van der Waals surface area contributed by atoms with E-state index in [9.17, 15) is 0 Å². The van der Waals surface area contributed by atoms with Gasteiger partial charge >= 0.3 is 8.56 Å². The first-order valence-electron chi connectivity index (χ1n) is 3.65. The molecule has 0 radical (unpaired) electrons. The maximum atomic E-state index is 5.40. The fourth-order valence-corrected chi connectivity index (χ4v) is 2.15. The first kappa shape index (κ1) is 11.1. The van der Waals surface area contributed by atoms with Crippen molar-refractivity contribution in [3.8, 4) is 0 Å². The van der Waals surface area contributed by atoms with Gasteiger partial charge in [0.05, 0.1) is 6.17 Å². The molecule has 11 heavy (non-hydrogen) atoms. The van der Waals surface area contributed by atoms with Crippen LogP contribution in [0.2, 0.25) is 12.6 Å². The summed E-state index contributed by atoms with van der Waals surface area (Å²) < 4.78 is 10.5. The zero-order valence-electron chi connectivity index (χ0n) is 7.46. The van der Waals surface area contributed by atoms with Gasteiger partial charge in [-0.05, 0) is 19.0 Å². The predicted octanol–water partition coefficient (Wildman–Crippen LogP) is -0.0152. The Morgan fingerprint density at radius 1 is 1.27 bits per heavy atom. The van der Waals surface area contributed by atoms with Crippen molar-refractivity contribution in [2.24, 2.45) is 11.5 Å². The molecule has 0 heterocycles. The van der Waals surface area contributed by atoms with Crippen molar-refractivity contribution in [2.75, 3.05) is 14.2 Å². The Morgan fingerprint density at radius 2 is 1.73 bits per heavy atom. The van der Waals surface area contributed by atoms with Crippen molar-refractivity contribution in [3.63, 3.8) is 0 Å². The van der Waals surface area contributed by atoms with Crippen LogP contribution >= 0.6 is 0 Å². The molecular formula is C6H18N2O2Si. The van der Waals surface area contributed by atoms with Crippen LogP contribution in [0.5, 0.6) is 0 Å². The fraction of sp³-hybridized carbons (Fsp3) is 1.00. The summed E-state index contributed by atoms with van der Waals surface area (Å²) in [6, 6.07) is 0.845. The summed E-state index contributed by atoms with van der Waals surface area (Å²) in [5.74, 6) is 0. The first-order chi connectivity index (χ1) is 5.04. The molecule has 0 aliphatic heterocycles. The molecule has 0 amide bonds. The van der Waals surface area contributed by atoms with E-state index >= 15 is 0 Å². The Hall–Kier alpha value is 0.0569. The molecule has 0 spiro atoms. The van der Waals surface area contributed by atoms with Crippen molar-refractivity contribution in [1.29, 1.82) is 0 Å². The molecule has 0 bridgehead atoms. The Bertz CT molecular complexity index is 107. The van der Waals surface area contributed by atoms with Crippen LogP contribution in [0.3, 0.4) is 0 Å². The van der Waals surface area contributed by atoms with Gasteiger partial charge in [-0.2, -0.15) is 0 Å². The molecule has 0 aromatic heterocycles. The number of hydrogen-bond acceptors (Lipinski definition) is 4. The van der Waals surface area contributed by atoms with E-state index in [1.54, 1.807) is 14.2 Å². The lowest BCUT2D eigenvalue weighted by Gasteiger charge is -2.23. The van der Waals surface area contributed by atoms with Crippen LogP contribution in [0.25, 0.3) is 0 Å². The second-order valence-electron chi connectivity index (χ2n) is 2.74. The second kappa shape index (κ2) is 4.84. The topological polar surface area (TPSA) is 70.5 Å². The fourth-order valence-electron chi connectivity index (χ4n) is 0.716. The standard InChI is InChI=1S/C6H18N2O2Si/c1-9-11(3,10-2)5-4-6(7)8/h6H,4-5,7-8H2,1-3H3. The van der Waals surface area contributed by atoms with Crippen LogP contribution in [-0.2, 0) is 8.85 Å². The van der Waals surface area contributed by atoms with Gasteiger partial charge in [0.25, 0.3) is 0 Å². The molecule has 68 valence electrons. The zero-order valence-corrected chi connectivity index (χ0v) is 8.46. The molecule has 4 N–H and O–H groups in total. The first-order valence-corrected chi connectivity index (χ1v) is 6.18. The Balaban J connectivity index is 3.69. The van der Waals surface area contributed by atoms with Crippen molar-refractivity contribution >= 4 is 8.56 Å². The van der Waals surface area contributed by atoms with Gasteiger partial charge in [0.15, 0.2) is 0 Å². The minimum Gasteiger partial charge on any atom is -0.398 e. The molecule has 0 fully saturated rings. The average molecular weight is 178 g/mol. The highest BCUT2D eigenvalue weighted by Gasteiger charge is 2.28. The van der Waals surface area contributed by atoms with Crippen molar-refractivity contribution in [1.82, 2.24) is 0 Å². The average Bonchev–Trinajstić information content (AvgIpc) is 2.00. The highest BCUT2D eigenvalue weighted by atomic mass is 28.4. The smallest absolute Gasteiger partial charge is 0.334 e. The van der Waals surface area contributed by atoms with Crippen LogP contribution in [0, 0.1) is 0 Å². The number of nitrogens with two attached hydrogens (primary N) is 2. The summed E-state index contributed by atoms with van der Waals surface area (Å²) in [6.45, 7) is 2.00. The lowest BCUT2D eigenvalue weighted by molar-refractivity contribution is 0.247. The minimum atomic E-state index is -1.92. The third kappa shape index (κ3) is 4.49. The molecule has 0 unspecified atom stereocenters. The molecule has 0 atom stereocenters. The van der Waals surface area contributed by atoms with Crippen LogP contribution in [-0.4, -0.2) is 28.9 Å². The van der Waals surface area contributed by atoms with Gasteiger partial charge in [-0.15, -0.1) is 0 Å². The maximum Gasteiger partial charge on any atom is 0.334 e. The van der Waals surface area contributed by atoms with Gasteiger partial charge in [-0.3, -0.25) is 0 Å². The third-order valence-electron chi connectivity index (χ3n) is 1.80. The van der Waals surface area contributed by atoms with Gasteiger partial charge in [-0.25, -0.2) is 0 Å². The normalized spacial score (nSPS) is 12.5. The highest BCUT2D eigenvalue weighted by molar-refractivity contribution is 6.65. The zero-order chi connectivity index (χ0) is 8.91. The van der Waals surface area contributed by atoms with Crippen LogP contribution in [0.4, 0.5) is 0 Å². The molecule has 0 saturated heterocycles. The minimum absolute atomic E-state index is 0.257. The number of rotatable bonds is 5. The summed E-state index contributed by atoms with van der Waals surface area (Å²) in [4.78, 5) is 0. The molecule has 0 rings (SSSR count). The SMILES string of the molecule is CO[Si](C)(CCC(N)N)OC. The van der Waals surface area contributed by atoms with Crippen LogP contribution in [0.1, 0.15) is 6.42 Å². The van der Waals surface area contributed by atoms with E-state index in [2.05, 4.69) is 0 Å². The largest absolute Gasteiger partial charge is 0.398 e. The van der Waals surface area contributed by atoms with Crippen molar-refractivity contribution < 1.29 is 8.85 Å². The van der Waals surface area contributed by atoms with Gasteiger partial charge < -0.3 is 20.3 Å². The summed E-state index contributed by atoms with van der Waals surface area (Å²) in [7, 11) is 1.41. The maximum absolute atomic E-state index is 5.40. The molecule has 5 heteroatoms. The summed E-state index contributed by atoms with van der Waals surface area (Å²) >= 11 is 0. The summed E-state index contributed by atoms with van der Waals surface area (Å²) in [5, 5.41) is 0. The lowest BCUT2D eigenvalue weighted by atomic mass is 10.4. The Labute approximate surface area is 69.1 Å². The molecule has 0 saturated carbocycles. The van der Waals surface area contributed by atoms with E-state index < -0.39 is 8.56 Å². The van der Waals surface area contributed by atoms with Gasteiger partial charge in [0.1, 0.15) is 0 Å². The summed E-state index contributed by atoms with van der Waals surface area (Å²) in [6.07, 6.45) is 0.497. The Morgan fingerprint density at radius 3 is 2.00 bits per heavy atom. The van der Waals surface area contributed by atoms with Gasteiger partial charge in [0, 0.05) is 14.2 Å². The molecule has 0 aliphatic carbocycles. The number of hydrogen-bond donors (Lipinski definition) is 2. The molecule has 0 aromatic carbocycles. The van der Waals surface area contributed by atoms with Gasteiger partial charge in [-0.1, -0.05) is 0 Å². The van der Waals surface area contributed by atoms with E-state index in [0.717, 1.165) is 12.5 Å². The second-order valence-corrected chi connectivity index (χ2v) is 6.33. The van der Waals surface area contributed by atoms with Crippen LogP contribution < -0.4 is 11.5 Å². The van der Waals surface area contributed by atoms with Gasteiger partial charge in [0.2, 0.25) is 0 Å². The van der Waals surface area contributed by atoms with E-state index in [-0.39, 0.29) is 6.17 Å². The monoisotopic (exact) mass is 178 g/mol. The van der Waals surface area contributed by atoms with E-state index in [0.29, 0.717) is 0 Å². The molecular weight excluding hydrogens is 160 g/mol. The quantitative estimate of drug-likeness (QED) is 0.459. The summed E-state index contributed by atoms with van der Waals surface area (Å²) in [5.41, 5.74) is 10.8. The molecule has 0 aliphatic rings. The molecule has 4 nitrogen and oxygen atoms in total. The molecule has 0 aromatic rings. The van der Waals surface area contributed by atoms with Crippen molar-refractivity contribution in [3.05, 3.63) is 0 Å². The Kier molecular flexibility index (Phi) is 4.86. The third-order valence-corrected chi connectivity index (χ3v) is 4.72. The lowest BCUT2D eigenvalue weighted by Crippen LogP contribution is -2.40. The van der Waals surface area contributed by atoms with E-state index in [1.165, 1.54) is 0 Å². The van der Waals surface area contributed by atoms with E-state index in [1.807, 2.05) is 6.55 Å². The predicted molar refractivity (Wildman–Crippen MR) is 47.2 cm³/mol. The van der Waals surface area contributed by atoms with E-state index in [4.69, 9.17) is 20.3 Å². The van der Waals surface area contributed by atoms with Crippen molar-refractivity contribution in [2.45, 2.75) is 25.2 Å². The van der Waals surface area contributed by atoms with Crippen LogP contribution in [0.15, 0.2) is 0 Å². The highest BCUT2D eigenvalue weighted by Crippen LogP contribution is 2.13.